The molecule has 1 atom stereocenters. The highest BCUT2D eigenvalue weighted by molar-refractivity contribution is 5.98. The fourth-order valence-electron chi connectivity index (χ4n) is 5.74. The maximum atomic E-state index is 14.0. The summed E-state index contributed by atoms with van der Waals surface area (Å²) >= 11 is 0. The number of nitrogens with zero attached hydrogens (tertiary/aromatic N) is 3. The molecule has 3 N–H and O–H groups in total. The van der Waals surface area contributed by atoms with Crippen LogP contribution in [-0.4, -0.2) is 60.9 Å². The summed E-state index contributed by atoms with van der Waals surface area (Å²) < 4.78 is 48.0. The third-order valence-electron chi connectivity index (χ3n) is 7.95. The van der Waals surface area contributed by atoms with E-state index in [0.29, 0.717) is 56.1 Å². The van der Waals surface area contributed by atoms with Gasteiger partial charge in [0.15, 0.2) is 0 Å². The van der Waals surface area contributed by atoms with Crippen molar-refractivity contribution in [1.29, 1.82) is 0 Å². The number of hydrogen-bond donors (Lipinski definition) is 3. The zero-order valence-corrected chi connectivity index (χ0v) is 23.1. The molecular formula is C31H33F3N6O2. The lowest BCUT2D eigenvalue weighted by molar-refractivity contribution is -0.138. The number of aliphatic imine (C=N–C) groups is 1. The zero-order chi connectivity index (χ0) is 29.1. The first kappa shape index (κ1) is 28.2. The van der Waals surface area contributed by atoms with Crippen molar-refractivity contribution < 1.29 is 22.7 Å². The van der Waals surface area contributed by atoms with Crippen molar-refractivity contribution >= 4 is 17.4 Å². The molecule has 1 aromatic heterocycles. The van der Waals surface area contributed by atoms with E-state index >= 15 is 0 Å². The van der Waals surface area contributed by atoms with Crippen molar-refractivity contribution in [2.75, 3.05) is 44.6 Å². The Hall–Kier alpha value is -3.96. The number of alkyl halides is 3. The van der Waals surface area contributed by atoms with Gasteiger partial charge in [-0.3, -0.25) is 19.7 Å². The van der Waals surface area contributed by atoms with Gasteiger partial charge in [0, 0.05) is 63.1 Å². The van der Waals surface area contributed by atoms with E-state index in [1.165, 1.54) is 6.07 Å². The van der Waals surface area contributed by atoms with E-state index in [-0.39, 0.29) is 29.6 Å². The molecule has 220 valence electrons. The monoisotopic (exact) mass is 578 g/mol. The first-order valence-corrected chi connectivity index (χ1v) is 14.3. The third-order valence-corrected chi connectivity index (χ3v) is 7.95. The minimum absolute atomic E-state index is 0.161. The molecule has 1 unspecified atom stereocenters. The number of benzene rings is 2. The Balaban J connectivity index is 1.13. The molecule has 3 aliphatic rings. The lowest BCUT2D eigenvalue weighted by atomic mass is 9.83. The minimum atomic E-state index is -4.51. The van der Waals surface area contributed by atoms with Gasteiger partial charge in [0.05, 0.1) is 12.1 Å². The fourth-order valence-corrected chi connectivity index (χ4v) is 5.74. The van der Waals surface area contributed by atoms with Crippen LogP contribution in [0.1, 0.15) is 34.4 Å². The molecule has 11 heteroatoms. The summed E-state index contributed by atoms with van der Waals surface area (Å²) in [6.45, 7) is 4.63. The van der Waals surface area contributed by atoms with Gasteiger partial charge in [0.1, 0.15) is 23.0 Å². The predicted molar refractivity (Wildman–Crippen MR) is 154 cm³/mol. The summed E-state index contributed by atoms with van der Waals surface area (Å²) in [4.78, 5) is 24.0. The molecular weight excluding hydrogens is 545 g/mol. The number of ether oxygens (including phenoxy) is 1. The van der Waals surface area contributed by atoms with Crippen LogP contribution < -0.4 is 20.7 Å². The van der Waals surface area contributed by atoms with Crippen LogP contribution in [-0.2, 0) is 30.4 Å². The molecule has 2 aromatic carbocycles. The largest absolute Gasteiger partial charge is 0.457 e. The van der Waals surface area contributed by atoms with E-state index < -0.39 is 11.7 Å². The lowest BCUT2D eigenvalue weighted by Crippen LogP contribution is -2.43. The molecule has 0 saturated carbocycles. The van der Waals surface area contributed by atoms with Crippen molar-refractivity contribution in [2.45, 2.75) is 32.0 Å². The summed E-state index contributed by atoms with van der Waals surface area (Å²) in [5.74, 6) is 1.38. The van der Waals surface area contributed by atoms with Gasteiger partial charge in [-0.1, -0.05) is 12.1 Å². The lowest BCUT2D eigenvalue weighted by Gasteiger charge is -2.28. The van der Waals surface area contributed by atoms with Gasteiger partial charge in [-0.15, -0.1) is 0 Å². The molecule has 1 saturated heterocycles. The molecule has 0 spiro atoms. The molecule has 0 radical (unpaired) electrons. The number of halogens is 3. The Morgan fingerprint density at radius 2 is 1.86 bits per heavy atom. The summed E-state index contributed by atoms with van der Waals surface area (Å²) in [7, 11) is 0. The van der Waals surface area contributed by atoms with Crippen LogP contribution in [0.5, 0.6) is 11.5 Å². The number of carbonyl (C=O) groups excluding carboxylic acids is 1. The molecule has 1 aliphatic carbocycles. The van der Waals surface area contributed by atoms with Gasteiger partial charge in [-0.2, -0.15) is 13.2 Å². The Morgan fingerprint density at radius 1 is 1.02 bits per heavy atom. The number of amides is 1. The number of nitrogens with one attached hydrogen (secondary N) is 3. The molecule has 2 aliphatic heterocycles. The molecule has 0 bridgehead atoms. The van der Waals surface area contributed by atoms with Crippen LogP contribution in [0.15, 0.2) is 59.7 Å². The van der Waals surface area contributed by atoms with Gasteiger partial charge < -0.3 is 20.7 Å². The Morgan fingerprint density at radius 3 is 2.64 bits per heavy atom. The van der Waals surface area contributed by atoms with Crippen LogP contribution in [0.25, 0.3) is 0 Å². The van der Waals surface area contributed by atoms with Crippen LogP contribution >= 0.6 is 0 Å². The average Bonchev–Trinajstić information content (AvgIpc) is 3.53. The Bertz CT molecular complexity index is 1490. The van der Waals surface area contributed by atoms with E-state index in [2.05, 4.69) is 25.9 Å². The Labute approximate surface area is 242 Å². The highest BCUT2D eigenvalue weighted by atomic mass is 19.4. The topological polar surface area (TPSA) is 90.9 Å². The Kier molecular flexibility index (Phi) is 8.12. The highest BCUT2D eigenvalue weighted by Crippen LogP contribution is 2.36. The third kappa shape index (κ3) is 6.57. The van der Waals surface area contributed by atoms with Gasteiger partial charge >= 0.3 is 6.18 Å². The summed E-state index contributed by atoms with van der Waals surface area (Å²) in [6.07, 6.45) is -1.03. The van der Waals surface area contributed by atoms with Crippen LogP contribution in [0.2, 0.25) is 0 Å². The first-order chi connectivity index (χ1) is 20.3. The summed E-state index contributed by atoms with van der Waals surface area (Å²) in [6, 6.07) is 13.6. The molecule has 6 rings (SSSR count). The number of aromatic nitrogens is 1. The van der Waals surface area contributed by atoms with Crippen molar-refractivity contribution in [3.8, 4) is 11.5 Å². The van der Waals surface area contributed by atoms with Gasteiger partial charge in [0.25, 0.3) is 0 Å². The first-order valence-electron chi connectivity index (χ1n) is 14.3. The normalized spacial score (nSPS) is 19.0. The van der Waals surface area contributed by atoms with E-state index in [9.17, 15) is 18.0 Å². The summed E-state index contributed by atoms with van der Waals surface area (Å²) in [5.41, 5.74) is 2.53. The highest BCUT2D eigenvalue weighted by Gasteiger charge is 2.34. The molecule has 1 amide bonds. The number of rotatable bonds is 7. The van der Waals surface area contributed by atoms with Crippen LogP contribution in [0.4, 0.5) is 18.9 Å². The molecule has 3 heterocycles. The van der Waals surface area contributed by atoms with Gasteiger partial charge in [-0.25, -0.2) is 0 Å². The van der Waals surface area contributed by atoms with Gasteiger partial charge in [0.2, 0.25) is 5.91 Å². The minimum Gasteiger partial charge on any atom is -0.457 e. The number of pyridine rings is 1. The summed E-state index contributed by atoms with van der Waals surface area (Å²) in [5, 5.41) is 9.17. The smallest absolute Gasteiger partial charge is 0.416 e. The van der Waals surface area contributed by atoms with E-state index in [1.54, 1.807) is 18.3 Å². The van der Waals surface area contributed by atoms with Crippen LogP contribution in [0.3, 0.4) is 0 Å². The maximum absolute atomic E-state index is 14.0. The van der Waals surface area contributed by atoms with Gasteiger partial charge in [-0.05, 0) is 66.3 Å². The van der Waals surface area contributed by atoms with Crippen molar-refractivity contribution in [3.05, 3.63) is 82.7 Å². The standard InChI is InChI=1S/C31H33F3N6O2/c32-31(33,34)27-17-24(5-3-22(27)19-40-13-11-35-12-14-40)39-30(41)21-2-1-20-4-6-25(16-23(20)15-21)42-26-7-8-36-28(18-26)29-37-9-10-38-29/h3-8,16-18,21,35H,1-2,9-15,19H2,(H,37,38)(H,39,41). The quantitative estimate of drug-likeness (QED) is 0.385. The van der Waals surface area contributed by atoms with Crippen molar-refractivity contribution in [3.63, 3.8) is 0 Å². The maximum Gasteiger partial charge on any atom is 0.416 e. The number of fused-ring (bicyclic) bond motifs is 1. The molecule has 1 fully saturated rings. The van der Waals surface area contributed by atoms with E-state index in [0.717, 1.165) is 42.7 Å². The van der Waals surface area contributed by atoms with Crippen LogP contribution in [0, 0.1) is 5.92 Å². The second-order valence-corrected chi connectivity index (χ2v) is 10.9. The van der Waals surface area contributed by atoms with Crippen molar-refractivity contribution in [2.24, 2.45) is 10.9 Å². The fraction of sp³-hybridized carbons (Fsp3) is 0.387. The number of piperazine rings is 1. The number of amidine groups is 1. The SMILES string of the molecule is O=C(Nc1ccc(CN2CCNCC2)c(C(F)(F)F)c1)C1CCc2ccc(Oc3ccnc(C4=NCCN4)c3)cc2C1. The van der Waals surface area contributed by atoms with E-state index in [1.807, 2.05) is 29.2 Å². The molecule has 8 nitrogen and oxygen atoms in total. The number of aryl methyl sites for hydroxylation is 1. The number of anilines is 1. The zero-order valence-electron chi connectivity index (χ0n) is 23.1. The predicted octanol–water partition coefficient (Wildman–Crippen LogP) is 4.39. The average molecular weight is 579 g/mol. The number of hydrogen-bond acceptors (Lipinski definition) is 7. The number of carbonyl (C=O) groups is 1. The molecule has 3 aromatic rings. The van der Waals surface area contributed by atoms with Crippen molar-refractivity contribution in [1.82, 2.24) is 20.5 Å². The second kappa shape index (κ2) is 12.1. The molecule has 42 heavy (non-hydrogen) atoms. The second-order valence-electron chi connectivity index (χ2n) is 10.9. The van der Waals surface area contributed by atoms with E-state index in [4.69, 9.17) is 4.74 Å².